The van der Waals surface area contributed by atoms with Gasteiger partial charge in [-0.25, -0.2) is 9.59 Å². The fraction of sp³-hybridized carbons (Fsp3) is 0.348. The first kappa shape index (κ1) is 23.1. The molecule has 0 spiro atoms. The summed E-state index contributed by atoms with van der Waals surface area (Å²) in [6, 6.07) is 9.08. The monoisotopic (exact) mass is 411 g/mol. The highest BCUT2D eigenvalue weighted by molar-refractivity contribution is 5.91. The molecule has 0 saturated carbocycles. The molecular formula is C23H29N3O4. The smallest absolute Gasteiger partial charge is 0.349 e. The van der Waals surface area contributed by atoms with E-state index in [4.69, 9.17) is 0 Å². The molecule has 160 valence electrons. The van der Waals surface area contributed by atoms with Crippen LogP contribution in [0.15, 0.2) is 58.9 Å². The minimum absolute atomic E-state index is 0.155. The number of hydrogen-bond donors (Lipinski definition) is 3. The lowest BCUT2D eigenvalue weighted by atomic mass is 9.81. The second kappa shape index (κ2) is 10.0. The summed E-state index contributed by atoms with van der Waals surface area (Å²) >= 11 is 0. The summed E-state index contributed by atoms with van der Waals surface area (Å²) in [7, 11) is 0. The number of aromatic nitrogens is 2. The molecular weight excluding hydrogens is 382 g/mol. The number of benzene rings is 1. The van der Waals surface area contributed by atoms with E-state index in [0.29, 0.717) is 16.8 Å². The van der Waals surface area contributed by atoms with Crippen molar-refractivity contribution in [2.45, 2.75) is 39.7 Å². The Balaban J connectivity index is 2.99. The van der Waals surface area contributed by atoms with Gasteiger partial charge in [0.2, 0.25) is 0 Å². The lowest BCUT2D eigenvalue weighted by molar-refractivity contribution is -0.132. The maximum atomic E-state index is 12.7. The number of carboxylic acids is 1. The molecule has 7 heteroatoms. The van der Waals surface area contributed by atoms with Gasteiger partial charge in [-0.3, -0.25) is 4.57 Å². The van der Waals surface area contributed by atoms with Crippen LogP contribution >= 0.6 is 0 Å². The number of rotatable bonds is 9. The SMILES string of the molecule is C=CC(C)=C(C(=O)O)C(c1ccccc1)c1c(NCCO)nc(=O)n(C(C)C)c1C. The van der Waals surface area contributed by atoms with Crippen molar-refractivity contribution < 1.29 is 15.0 Å². The predicted molar refractivity (Wildman–Crippen MR) is 118 cm³/mol. The van der Waals surface area contributed by atoms with Gasteiger partial charge in [0, 0.05) is 29.8 Å². The number of aliphatic hydroxyl groups is 1. The molecule has 0 amide bonds. The topological polar surface area (TPSA) is 104 Å². The first-order valence-electron chi connectivity index (χ1n) is 9.83. The normalized spacial score (nSPS) is 13.0. The van der Waals surface area contributed by atoms with Gasteiger partial charge in [0.05, 0.1) is 12.2 Å². The van der Waals surface area contributed by atoms with Crippen LogP contribution < -0.4 is 11.0 Å². The molecule has 0 bridgehead atoms. The van der Waals surface area contributed by atoms with Gasteiger partial charge >= 0.3 is 11.7 Å². The molecule has 7 nitrogen and oxygen atoms in total. The summed E-state index contributed by atoms with van der Waals surface area (Å²) < 4.78 is 1.55. The van der Waals surface area contributed by atoms with E-state index in [2.05, 4.69) is 16.9 Å². The Labute approximate surface area is 176 Å². The van der Waals surface area contributed by atoms with Gasteiger partial charge in [-0.2, -0.15) is 4.98 Å². The van der Waals surface area contributed by atoms with Crippen molar-refractivity contribution in [1.82, 2.24) is 9.55 Å². The zero-order valence-electron chi connectivity index (χ0n) is 17.8. The first-order chi connectivity index (χ1) is 14.2. The van der Waals surface area contributed by atoms with Gasteiger partial charge < -0.3 is 15.5 Å². The third-order valence-electron chi connectivity index (χ3n) is 5.01. The van der Waals surface area contributed by atoms with Crippen LogP contribution in [0.5, 0.6) is 0 Å². The lowest BCUT2D eigenvalue weighted by Gasteiger charge is -2.27. The minimum atomic E-state index is -1.07. The highest BCUT2D eigenvalue weighted by Crippen LogP contribution is 2.39. The van der Waals surface area contributed by atoms with Crippen LogP contribution in [0.1, 0.15) is 49.6 Å². The first-order valence-corrected chi connectivity index (χ1v) is 9.83. The molecule has 0 fully saturated rings. The molecule has 0 saturated heterocycles. The number of aliphatic carboxylic acids is 1. The molecule has 2 rings (SSSR count). The van der Waals surface area contributed by atoms with E-state index < -0.39 is 17.6 Å². The van der Waals surface area contributed by atoms with E-state index in [0.717, 1.165) is 5.56 Å². The molecule has 1 aromatic heterocycles. The number of carboxylic acid groups (broad SMARTS) is 1. The highest BCUT2D eigenvalue weighted by atomic mass is 16.4. The maximum Gasteiger partial charge on any atom is 0.349 e. The van der Waals surface area contributed by atoms with Crippen molar-refractivity contribution in [2.75, 3.05) is 18.5 Å². The lowest BCUT2D eigenvalue weighted by Crippen LogP contribution is -2.31. The van der Waals surface area contributed by atoms with Gasteiger partial charge in [0.25, 0.3) is 0 Å². The van der Waals surface area contributed by atoms with E-state index >= 15 is 0 Å². The second-order valence-corrected chi connectivity index (χ2v) is 7.31. The molecule has 30 heavy (non-hydrogen) atoms. The Morgan fingerprint density at radius 3 is 2.43 bits per heavy atom. The summed E-state index contributed by atoms with van der Waals surface area (Å²) in [5, 5.41) is 22.4. The van der Waals surface area contributed by atoms with Crippen LogP contribution in [0.3, 0.4) is 0 Å². The number of nitrogens with zero attached hydrogens (tertiary/aromatic N) is 2. The Morgan fingerprint density at radius 1 is 1.30 bits per heavy atom. The third-order valence-corrected chi connectivity index (χ3v) is 5.01. The van der Waals surface area contributed by atoms with Crippen molar-refractivity contribution in [3.05, 3.63) is 81.4 Å². The van der Waals surface area contributed by atoms with Crippen molar-refractivity contribution in [1.29, 1.82) is 0 Å². The summed E-state index contributed by atoms with van der Waals surface area (Å²) in [4.78, 5) is 29.2. The highest BCUT2D eigenvalue weighted by Gasteiger charge is 2.31. The summed E-state index contributed by atoms with van der Waals surface area (Å²) in [6.07, 6.45) is 1.52. The Hall–Kier alpha value is -3.19. The molecule has 1 atom stereocenters. The number of carbonyl (C=O) groups is 1. The molecule has 1 aromatic carbocycles. The van der Waals surface area contributed by atoms with E-state index in [1.54, 1.807) is 18.4 Å². The zero-order chi connectivity index (χ0) is 22.4. The minimum Gasteiger partial charge on any atom is -0.478 e. The Kier molecular flexibility index (Phi) is 7.72. The summed E-state index contributed by atoms with van der Waals surface area (Å²) in [5.41, 5.74) is 2.20. The molecule has 0 radical (unpaired) electrons. The quantitative estimate of drug-likeness (QED) is 0.432. The largest absolute Gasteiger partial charge is 0.478 e. The molecule has 3 N–H and O–H groups in total. The van der Waals surface area contributed by atoms with Gasteiger partial charge in [0.15, 0.2) is 0 Å². The van der Waals surface area contributed by atoms with E-state index in [1.165, 1.54) is 6.08 Å². The summed E-state index contributed by atoms with van der Waals surface area (Å²) in [6.45, 7) is 11.0. The van der Waals surface area contributed by atoms with Crippen molar-refractivity contribution in [3.8, 4) is 0 Å². The number of aliphatic hydroxyl groups excluding tert-OH is 1. The van der Waals surface area contributed by atoms with Crippen LogP contribution in [0.25, 0.3) is 0 Å². The fourth-order valence-corrected chi connectivity index (χ4v) is 3.67. The van der Waals surface area contributed by atoms with E-state index in [9.17, 15) is 19.8 Å². The summed E-state index contributed by atoms with van der Waals surface area (Å²) in [5.74, 6) is -1.50. The van der Waals surface area contributed by atoms with Crippen LogP contribution in [-0.2, 0) is 4.79 Å². The second-order valence-electron chi connectivity index (χ2n) is 7.31. The van der Waals surface area contributed by atoms with Gasteiger partial charge in [0.1, 0.15) is 5.82 Å². The van der Waals surface area contributed by atoms with E-state index in [-0.39, 0.29) is 30.6 Å². The molecule has 1 heterocycles. The van der Waals surface area contributed by atoms with Crippen molar-refractivity contribution >= 4 is 11.8 Å². The van der Waals surface area contributed by atoms with Crippen LogP contribution in [-0.4, -0.2) is 38.9 Å². The molecule has 0 aliphatic carbocycles. The van der Waals surface area contributed by atoms with Crippen LogP contribution in [0.4, 0.5) is 5.82 Å². The molecule has 0 aliphatic heterocycles. The zero-order valence-corrected chi connectivity index (χ0v) is 17.8. The van der Waals surface area contributed by atoms with Crippen molar-refractivity contribution in [3.63, 3.8) is 0 Å². The average Bonchev–Trinajstić information content (AvgIpc) is 2.70. The predicted octanol–water partition coefficient (Wildman–Crippen LogP) is 3.26. The van der Waals surface area contributed by atoms with Crippen LogP contribution in [0.2, 0.25) is 0 Å². The average molecular weight is 412 g/mol. The molecule has 1 unspecified atom stereocenters. The number of hydrogen-bond acceptors (Lipinski definition) is 5. The number of allylic oxidation sites excluding steroid dienone is 2. The van der Waals surface area contributed by atoms with E-state index in [1.807, 2.05) is 44.2 Å². The molecule has 0 aliphatic rings. The number of nitrogens with one attached hydrogen (secondary N) is 1. The van der Waals surface area contributed by atoms with Crippen molar-refractivity contribution in [2.24, 2.45) is 0 Å². The van der Waals surface area contributed by atoms with Gasteiger partial charge in [-0.05, 0) is 38.8 Å². The standard InChI is InChI=1S/C23H29N3O4/c1-6-15(4)18(22(28)29)20(17-10-8-7-9-11-17)19-16(5)26(14(2)3)23(30)25-21(19)24-12-13-27/h6-11,14,20,27H,1,12-13H2,2-5H3,(H,28,29)(H,24,25,30). The Morgan fingerprint density at radius 2 is 1.93 bits per heavy atom. The van der Waals surface area contributed by atoms with Gasteiger partial charge in [-0.1, -0.05) is 43.0 Å². The molecule has 2 aromatic rings. The maximum absolute atomic E-state index is 12.7. The van der Waals surface area contributed by atoms with Gasteiger partial charge in [-0.15, -0.1) is 0 Å². The fourth-order valence-electron chi connectivity index (χ4n) is 3.67. The third kappa shape index (κ3) is 4.68. The Bertz CT molecular complexity index is 1010. The van der Waals surface area contributed by atoms with Crippen LogP contribution in [0, 0.1) is 6.92 Å². The number of anilines is 1.